The molecule has 0 aromatic carbocycles. The van der Waals surface area contributed by atoms with Gasteiger partial charge in [0, 0.05) is 43.7 Å². The molecule has 128 valence electrons. The number of hydrogen-bond acceptors (Lipinski definition) is 6. The maximum Gasteiger partial charge on any atom is 0.228 e. The highest BCUT2D eigenvalue weighted by molar-refractivity contribution is 5.92. The molecule has 1 aliphatic rings. The summed E-state index contributed by atoms with van der Waals surface area (Å²) < 4.78 is 1.67. The molecule has 3 aromatic rings. The van der Waals surface area contributed by atoms with Crippen LogP contribution in [0.5, 0.6) is 0 Å². The van der Waals surface area contributed by atoms with Gasteiger partial charge in [-0.3, -0.25) is 4.79 Å². The minimum absolute atomic E-state index is 0.0225. The van der Waals surface area contributed by atoms with Crippen LogP contribution in [0, 0.1) is 12.8 Å². The number of aryl methyl sites for hydroxylation is 1. The number of carbonyl (C=O) groups is 1. The lowest BCUT2D eigenvalue weighted by Gasteiger charge is -2.31. The van der Waals surface area contributed by atoms with Gasteiger partial charge < -0.3 is 10.2 Å². The van der Waals surface area contributed by atoms with Gasteiger partial charge in [0.1, 0.15) is 5.82 Å². The van der Waals surface area contributed by atoms with Gasteiger partial charge in [0.05, 0.1) is 5.69 Å². The van der Waals surface area contributed by atoms with Gasteiger partial charge in [-0.15, -0.1) is 0 Å². The van der Waals surface area contributed by atoms with E-state index >= 15 is 0 Å². The van der Waals surface area contributed by atoms with Crippen molar-refractivity contribution in [3.63, 3.8) is 0 Å². The Morgan fingerprint density at radius 1 is 1.16 bits per heavy atom. The molecule has 4 rings (SSSR count). The number of piperidine rings is 1. The summed E-state index contributed by atoms with van der Waals surface area (Å²) in [6.07, 6.45) is 6.71. The van der Waals surface area contributed by atoms with E-state index in [1.54, 1.807) is 35.2 Å². The van der Waals surface area contributed by atoms with Gasteiger partial charge in [0.15, 0.2) is 5.65 Å². The van der Waals surface area contributed by atoms with Crippen molar-refractivity contribution in [2.24, 2.45) is 5.92 Å². The second kappa shape index (κ2) is 6.46. The summed E-state index contributed by atoms with van der Waals surface area (Å²) in [6, 6.07) is 5.45. The lowest BCUT2D eigenvalue weighted by atomic mass is 9.96. The number of hydrogen-bond donors (Lipinski definition) is 1. The Labute approximate surface area is 144 Å². The molecular formula is C17H19N7O. The standard InChI is InChI=1S/C17H19N7O/c1-12-11-15-18-8-3-14(24(15)22-12)21-16(25)13-4-9-23(10-5-13)17-19-6-2-7-20-17/h2-3,6-8,11,13H,4-5,9-10H2,1H3,(H,21,25). The molecule has 0 bridgehead atoms. The van der Waals surface area contributed by atoms with E-state index in [1.165, 1.54) is 0 Å². The lowest BCUT2D eigenvalue weighted by molar-refractivity contribution is -0.120. The first-order chi connectivity index (χ1) is 12.2. The van der Waals surface area contributed by atoms with Crippen LogP contribution in [0.15, 0.2) is 36.8 Å². The minimum atomic E-state index is -0.0279. The average molecular weight is 337 g/mol. The van der Waals surface area contributed by atoms with E-state index in [0.717, 1.165) is 43.2 Å². The Hall–Kier alpha value is -3.03. The number of rotatable bonds is 3. The fourth-order valence-corrected chi connectivity index (χ4v) is 3.13. The van der Waals surface area contributed by atoms with Crippen molar-refractivity contribution in [1.29, 1.82) is 0 Å². The van der Waals surface area contributed by atoms with Crippen molar-refractivity contribution in [2.75, 3.05) is 23.3 Å². The number of anilines is 2. The second-order valence-corrected chi connectivity index (χ2v) is 6.19. The molecule has 8 heteroatoms. The summed E-state index contributed by atoms with van der Waals surface area (Å²) in [5, 5.41) is 7.37. The number of nitrogens with zero attached hydrogens (tertiary/aromatic N) is 6. The number of amides is 1. The molecule has 25 heavy (non-hydrogen) atoms. The second-order valence-electron chi connectivity index (χ2n) is 6.19. The molecule has 0 radical (unpaired) electrons. The lowest BCUT2D eigenvalue weighted by Crippen LogP contribution is -2.39. The largest absolute Gasteiger partial charge is 0.341 e. The predicted octanol–water partition coefficient (Wildman–Crippen LogP) is 1.68. The summed E-state index contributed by atoms with van der Waals surface area (Å²) in [4.78, 5) is 27.6. The minimum Gasteiger partial charge on any atom is -0.341 e. The van der Waals surface area contributed by atoms with Crippen LogP contribution in [0.1, 0.15) is 18.5 Å². The van der Waals surface area contributed by atoms with E-state index in [0.29, 0.717) is 5.82 Å². The van der Waals surface area contributed by atoms with Crippen molar-refractivity contribution in [3.8, 4) is 0 Å². The normalized spacial score (nSPS) is 15.5. The number of carbonyl (C=O) groups excluding carboxylic acids is 1. The highest BCUT2D eigenvalue weighted by Crippen LogP contribution is 2.22. The van der Waals surface area contributed by atoms with E-state index in [2.05, 4.69) is 30.3 Å². The van der Waals surface area contributed by atoms with Crippen LogP contribution in [0.2, 0.25) is 0 Å². The number of aromatic nitrogens is 5. The van der Waals surface area contributed by atoms with Crippen LogP contribution < -0.4 is 10.2 Å². The Morgan fingerprint density at radius 2 is 1.92 bits per heavy atom. The van der Waals surface area contributed by atoms with Crippen LogP contribution in [0.4, 0.5) is 11.8 Å². The molecule has 1 fully saturated rings. The monoisotopic (exact) mass is 337 g/mol. The Balaban J connectivity index is 1.42. The van der Waals surface area contributed by atoms with Gasteiger partial charge in [0.25, 0.3) is 0 Å². The van der Waals surface area contributed by atoms with Gasteiger partial charge in [-0.2, -0.15) is 9.61 Å². The maximum absolute atomic E-state index is 12.6. The smallest absolute Gasteiger partial charge is 0.228 e. The number of fused-ring (bicyclic) bond motifs is 1. The van der Waals surface area contributed by atoms with Crippen LogP contribution >= 0.6 is 0 Å². The van der Waals surface area contributed by atoms with Gasteiger partial charge in [-0.05, 0) is 31.9 Å². The molecule has 1 saturated heterocycles. The first-order valence-electron chi connectivity index (χ1n) is 8.35. The van der Waals surface area contributed by atoms with Gasteiger partial charge in [0.2, 0.25) is 11.9 Å². The fraction of sp³-hybridized carbons (Fsp3) is 0.353. The highest BCUT2D eigenvalue weighted by atomic mass is 16.2. The number of nitrogens with one attached hydrogen (secondary N) is 1. The van der Waals surface area contributed by atoms with Crippen LogP contribution in [-0.4, -0.2) is 43.6 Å². The Kier molecular flexibility index (Phi) is 4.01. The van der Waals surface area contributed by atoms with E-state index in [1.807, 2.05) is 13.0 Å². The molecule has 3 aromatic heterocycles. The maximum atomic E-state index is 12.6. The van der Waals surface area contributed by atoms with E-state index in [-0.39, 0.29) is 11.8 Å². The molecule has 1 aliphatic heterocycles. The fourth-order valence-electron chi connectivity index (χ4n) is 3.13. The van der Waals surface area contributed by atoms with Crippen molar-refractivity contribution >= 4 is 23.3 Å². The Morgan fingerprint density at radius 3 is 2.68 bits per heavy atom. The first kappa shape index (κ1) is 15.5. The predicted molar refractivity (Wildman–Crippen MR) is 93.3 cm³/mol. The summed E-state index contributed by atoms with van der Waals surface area (Å²) in [5.41, 5.74) is 1.59. The molecule has 8 nitrogen and oxygen atoms in total. The van der Waals surface area contributed by atoms with E-state index < -0.39 is 0 Å². The molecule has 0 atom stereocenters. The molecule has 0 saturated carbocycles. The molecular weight excluding hydrogens is 318 g/mol. The van der Waals surface area contributed by atoms with Gasteiger partial charge >= 0.3 is 0 Å². The zero-order valence-corrected chi connectivity index (χ0v) is 14.0. The van der Waals surface area contributed by atoms with E-state index in [4.69, 9.17) is 0 Å². The summed E-state index contributed by atoms with van der Waals surface area (Å²) in [7, 11) is 0. The molecule has 0 unspecified atom stereocenters. The zero-order valence-electron chi connectivity index (χ0n) is 14.0. The zero-order chi connectivity index (χ0) is 17.2. The topological polar surface area (TPSA) is 88.3 Å². The molecule has 4 heterocycles. The third kappa shape index (κ3) is 3.15. The van der Waals surface area contributed by atoms with Crippen molar-refractivity contribution < 1.29 is 4.79 Å². The quantitative estimate of drug-likeness (QED) is 0.782. The van der Waals surface area contributed by atoms with Gasteiger partial charge in [-0.1, -0.05) is 0 Å². The summed E-state index contributed by atoms with van der Waals surface area (Å²) in [5.74, 6) is 1.37. The molecule has 1 N–H and O–H groups in total. The molecule has 0 spiro atoms. The summed E-state index contributed by atoms with van der Waals surface area (Å²) >= 11 is 0. The molecule has 0 aliphatic carbocycles. The van der Waals surface area contributed by atoms with Gasteiger partial charge in [-0.25, -0.2) is 15.0 Å². The van der Waals surface area contributed by atoms with Crippen LogP contribution in [0.25, 0.3) is 5.65 Å². The van der Waals surface area contributed by atoms with Crippen LogP contribution in [-0.2, 0) is 4.79 Å². The summed E-state index contributed by atoms with van der Waals surface area (Å²) in [6.45, 7) is 3.45. The first-order valence-corrected chi connectivity index (χ1v) is 8.35. The SMILES string of the molecule is Cc1cc2nccc(NC(=O)C3CCN(c4ncccn4)CC3)n2n1. The third-order valence-electron chi connectivity index (χ3n) is 4.43. The van der Waals surface area contributed by atoms with Crippen molar-refractivity contribution in [2.45, 2.75) is 19.8 Å². The molecule has 1 amide bonds. The van der Waals surface area contributed by atoms with Crippen molar-refractivity contribution in [3.05, 3.63) is 42.5 Å². The van der Waals surface area contributed by atoms with Crippen molar-refractivity contribution in [1.82, 2.24) is 24.6 Å². The van der Waals surface area contributed by atoms with E-state index in [9.17, 15) is 4.79 Å². The van der Waals surface area contributed by atoms with Crippen LogP contribution in [0.3, 0.4) is 0 Å². The average Bonchev–Trinajstić information content (AvgIpc) is 3.04. The third-order valence-corrected chi connectivity index (χ3v) is 4.43. The Bertz CT molecular complexity index is 884. The highest BCUT2D eigenvalue weighted by Gasteiger charge is 2.26.